The molecule has 2 saturated carbocycles. The Kier molecular flexibility index (Phi) is 8.53. The summed E-state index contributed by atoms with van der Waals surface area (Å²) in [6.45, 7) is 2.25. The fraction of sp³-hybridized carbons (Fsp3) is 0.517. The normalized spacial score (nSPS) is 23.9. The van der Waals surface area contributed by atoms with Gasteiger partial charge in [-0.2, -0.15) is 0 Å². The lowest BCUT2D eigenvalue weighted by atomic mass is 9.66. The highest BCUT2D eigenvalue weighted by Crippen LogP contribution is 2.44. The first kappa shape index (κ1) is 25.3. The number of hydrogen-bond acceptors (Lipinski definition) is 4. The third-order valence-corrected chi connectivity index (χ3v) is 7.61. The van der Waals surface area contributed by atoms with Crippen LogP contribution in [0.3, 0.4) is 0 Å². The fourth-order valence-corrected chi connectivity index (χ4v) is 5.69. The van der Waals surface area contributed by atoms with Crippen LogP contribution in [0.15, 0.2) is 42.5 Å². The van der Waals surface area contributed by atoms with Crippen molar-refractivity contribution in [2.75, 3.05) is 0 Å². The van der Waals surface area contributed by atoms with Crippen LogP contribution in [0, 0.1) is 29.4 Å². The van der Waals surface area contributed by atoms with Crippen LogP contribution in [0.4, 0.5) is 8.78 Å². The van der Waals surface area contributed by atoms with Crippen LogP contribution in [0.25, 0.3) is 0 Å². The zero-order valence-electron chi connectivity index (χ0n) is 20.3. The molecule has 0 aromatic heterocycles. The van der Waals surface area contributed by atoms with E-state index in [1.807, 2.05) is 0 Å². The number of halogens is 2. The molecule has 0 bridgehead atoms. The molecule has 4 atom stereocenters. The molecule has 4 rings (SSSR count). The number of carbonyl (C=O) groups is 2. The van der Waals surface area contributed by atoms with Crippen LogP contribution < -0.4 is 4.74 Å². The van der Waals surface area contributed by atoms with Gasteiger partial charge >= 0.3 is 11.9 Å². The number of ether oxygens (including phenoxy) is 2. The summed E-state index contributed by atoms with van der Waals surface area (Å²) >= 11 is 0. The minimum absolute atomic E-state index is 0.0562. The standard InChI is InChI=1S/C29H34F2O4/c1-2-3-4-5-19-6-7-22-17-25(14-10-21(22)16-19)35-28(32)20-8-12-24(13-9-20)34-29(33)26-15-11-23(30)18-27(26)31/h8-9,11-13,15,18-19,21-22,25H,2-7,10,14,16-17H2,1H3/t19-,21+,22-,25+/m0/s1. The molecule has 0 amide bonds. The second-order valence-electron chi connectivity index (χ2n) is 10.1. The Bertz CT molecular complexity index is 1020. The average Bonchev–Trinajstić information content (AvgIpc) is 2.84. The van der Waals surface area contributed by atoms with Gasteiger partial charge in [0.2, 0.25) is 0 Å². The van der Waals surface area contributed by atoms with Crippen molar-refractivity contribution in [2.45, 2.75) is 77.2 Å². The number of hydrogen-bond donors (Lipinski definition) is 0. The zero-order chi connectivity index (χ0) is 24.8. The van der Waals surface area contributed by atoms with Crippen molar-refractivity contribution < 1.29 is 27.8 Å². The number of fused-ring (bicyclic) bond motifs is 1. The van der Waals surface area contributed by atoms with Gasteiger partial charge in [-0.3, -0.25) is 0 Å². The molecule has 2 aliphatic rings. The highest BCUT2D eigenvalue weighted by atomic mass is 19.1. The fourth-order valence-electron chi connectivity index (χ4n) is 5.69. The number of unbranched alkanes of at least 4 members (excludes halogenated alkanes) is 2. The Morgan fingerprint density at radius 3 is 2.37 bits per heavy atom. The molecule has 35 heavy (non-hydrogen) atoms. The highest BCUT2D eigenvalue weighted by molar-refractivity contribution is 5.92. The molecular weight excluding hydrogens is 450 g/mol. The summed E-state index contributed by atoms with van der Waals surface area (Å²) in [5.41, 5.74) is 0.0139. The maximum absolute atomic E-state index is 13.8. The Labute approximate surface area is 206 Å². The lowest BCUT2D eigenvalue weighted by Gasteiger charge is -2.42. The number of carbonyl (C=O) groups excluding carboxylic acids is 2. The summed E-state index contributed by atoms with van der Waals surface area (Å²) in [6.07, 6.45) is 12.1. The van der Waals surface area contributed by atoms with Crippen molar-refractivity contribution in [3.05, 3.63) is 65.2 Å². The summed E-state index contributed by atoms with van der Waals surface area (Å²) in [7, 11) is 0. The minimum Gasteiger partial charge on any atom is -0.459 e. The number of rotatable bonds is 8. The van der Waals surface area contributed by atoms with Crippen molar-refractivity contribution in [3.8, 4) is 5.75 Å². The van der Waals surface area contributed by atoms with E-state index in [1.165, 1.54) is 69.2 Å². The lowest BCUT2D eigenvalue weighted by Crippen LogP contribution is -2.35. The number of benzene rings is 2. The molecule has 6 heteroatoms. The summed E-state index contributed by atoms with van der Waals surface area (Å²) in [5, 5.41) is 0. The molecule has 0 radical (unpaired) electrons. The first-order valence-electron chi connectivity index (χ1n) is 12.9. The molecule has 0 saturated heterocycles. The molecule has 2 aromatic carbocycles. The van der Waals surface area contributed by atoms with Gasteiger partial charge in [0.1, 0.15) is 23.5 Å². The van der Waals surface area contributed by atoms with E-state index in [0.29, 0.717) is 17.5 Å². The van der Waals surface area contributed by atoms with Crippen molar-refractivity contribution in [2.24, 2.45) is 17.8 Å². The molecule has 2 aromatic rings. The second-order valence-corrected chi connectivity index (χ2v) is 10.1. The Hall–Kier alpha value is -2.76. The van der Waals surface area contributed by atoms with Crippen LogP contribution in [-0.4, -0.2) is 18.0 Å². The Balaban J connectivity index is 1.26. The van der Waals surface area contributed by atoms with E-state index in [9.17, 15) is 18.4 Å². The molecule has 0 heterocycles. The quantitative estimate of drug-likeness (QED) is 0.221. The molecule has 0 unspecified atom stereocenters. The van der Waals surface area contributed by atoms with Crippen LogP contribution in [0.5, 0.6) is 5.75 Å². The topological polar surface area (TPSA) is 52.6 Å². The van der Waals surface area contributed by atoms with E-state index in [0.717, 1.165) is 43.2 Å². The average molecular weight is 485 g/mol. The van der Waals surface area contributed by atoms with Gasteiger partial charge in [-0.1, -0.05) is 39.0 Å². The molecule has 2 aliphatic carbocycles. The van der Waals surface area contributed by atoms with E-state index >= 15 is 0 Å². The molecule has 0 aliphatic heterocycles. The predicted octanol–water partition coefficient (Wildman–Crippen LogP) is 7.51. The summed E-state index contributed by atoms with van der Waals surface area (Å²) in [4.78, 5) is 24.8. The van der Waals surface area contributed by atoms with Crippen LogP contribution in [-0.2, 0) is 4.74 Å². The zero-order valence-corrected chi connectivity index (χ0v) is 20.3. The first-order valence-corrected chi connectivity index (χ1v) is 12.9. The van der Waals surface area contributed by atoms with Crippen LogP contribution in [0.2, 0.25) is 0 Å². The monoisotopic (exact) mass is 484 g/mol. The van der Waals surface area contributed by atoms with Crippen molar-refractivity contribution in [1.82, 2.24) is 0 Å². The number of esters is 2. The first-order chi connectivity index (χ1) is 16.9. The van der Waals surface area contributed by atoms with Gasteiger partial charge in [-0.25, -0.2) is 18.4 Å². The summed E-state index contributed by atoms with van der Waals surface area (Å²) in [6, 6.07) is 8.64. The minimum atomic E-state index is -0.991. The lowest BCUT2D eigenvalue weighted by molar-refractivity contribution is -0.00628. The van der Waals surface area contributed by atoms with Crippen LogP contribution in [0.1, 0.15) is 91.8 Å². The largest absolute Gasteiger partial charge is 0.459 e. The predicted molar refractivity (Wildman–Crippen MR) is 129 cm³/mol. The maximum atomic E-state index is 13.8. The van der Waals surface area contributed by atoms with E-state index in [-0.39, 0.29) is 23.4 Å². The van der Waals surface area contributed by atoms with Crippen molar-refractivity contribution >= 4 is 11.9 Å². The molecule has 4 nitrogen and oxygen atoms in total. The van der Waals surface area contributed by atoms with Gasteiger partial charge in [0, 0.05) is 6.07 Å². The molecule has 0 N–H and O–H groups in total. The molecular formula is C29H34F2O4. The Morgan fingerprint density at radius 1 is 0.886 bits per heavy atom. The van der Waals surface area contributed by atoms with E-state index in [2.05, 4.69) is 6.92 Å². The van der Waals surface area contributed by atoms with E-state index in [1.54, 1.807) is 0 Å². The smallest absolute Gasteiger partial charge is 0.346 e. The van der Waals surface area contributed by atoms with Gasteiger partial charge in [0.25, 0.3) is 0 Å². The summed E-state index contributed by atoms with van der Waals surface area (Å²) < 4.78 is 37.8. The van der Waals surface area contributed by atoms with Gasteiger partial charge in [0.05, 0.1) is 11.1 Å². The van der Waals surface area contributed by atoms with Crippen molar-refractivity contribution in [3.63, 3.8) is 0 Å². The molecule has 2 fully saturated rings. The van der Waals surface area contributed by atoms with Crippen LogP contribution >= 0.6 is 0 Å². The third-order valence-electron chi connectivity index (χ3n) is 7.61. The van der Waals surface area contributed by atoms with E-state index in [4.69, 9.17) is 9.47 Å². The van der Waals surface area contributed by atoms with Crippen molar-refractivity contribution in [1.29, 1.82) is 0 Å². The second kappa shape index (κ2) is 11.8. The van der Waals surface area contributed by atoms with Gasteiger partial charge < -0.3 is 9.47 Å². The van der Waals surface area contributed by atoms with E-state index < -0.39 is 17.6 Å². The van der Waals surface area contributed by atoms with Gasteiger partial charge in [-0.15, -0.1) is 0 Å². The molecule has 0 spiro atoms. The maximum Gasteiger partial charge on any atom is 0.346 e. The van der Waals surface area contributed by atoms with Gasteiger partial charge in [-0.05, 0) is 86.3 Å². The van der Waals surface area contributed by atoms with Gasteiger partial charge in [0.15, 0.2) is 0 Å². The summed E-state index contributed by atoms with van der Waals surface area (Å²) in [5.74, 6) is -0.636. The Morgan fingerprint density at radius 2 is 1.63 bits per heavy atom. The SMILES string of the molecule is CCCCC[C@H]1CC[C@H]2C[C@H](OC(=O)c3ccc(OC(=O)c4ccc(F)cc4F)cc3)CC[C@@H]2C1. The highest BCUT2D eigenvalue weighted by Gasteiger charge is 2.36. The third kappa shape index (κ3) is 6.68. The molecule has 188 valence electrons.